The van der Waals surface area contributed by atoms with Crippen LogP contribution in [0.2, 0.25) is 0 Å². The topological polar surface area (TPSA) is 91.8 Å². The maximum atomic E-state index is 11.4. The van der Waals surface area contributed by atoms with E-state index in [4.69, 9.17) is 9.78 Å². The zero-order valence-corrected chi connectivity index (χ0v) is 8.87. The quantitative estimate of drug-likeness (QED) is 0.773. The van der Waals surface area contributed by atoms with Crippen molar-refractivity contribution in [2.75, 3.05) is 0 Å². The van der Waals surface area contributed by atoms with Gasteiger partial charge >= 0.3 is 0 Å². The third kappa shape index (κ3) is 3.38. The Labute approximate surface area is 87.3 Å². The standard InChI is InChI=1S/C9H12N4O2/c1-6-11-7(13-15-6)4-8(14)12-9(2,3)5-10/h4H2,1-3H3,(H,12,14). The maximum absolute atomic E-state index is 11.4. The van der Waals surface area contributed by atoms with Crippen LogP contribution in [0.5, 0.6) is 0 Å². The smallest absolute Gasteiger partial charge is 0.229 e. The first-order chi connectivity index (χ1) is 6.93. The zero-order valence-electron chi connectivity index (χ0n) is 8.87. The van der Waals surface area contributed by atoms with E-state index >= 15 is 0 Å². The van der Waals surface area contributed by atoms with Crippen LogP contribution in [-0.2, 0) is 11.2 Å². The molecule has 1 aromatic heterocycles. The summed E-state index contributed by atoms with van der Waals surface area (Å²) in [5.41, 5.74) is -0.879. The molecule has 0 aliphatic carbocycles. The molecule has 0 saturated carbocycles. The van der Waals surface area contributed by atoms with Crippen molar-refractivity contribution in [1.29, 1.82) is 5.26 Å². The molecular weight excluding hydrogens is 196 g/mol. The van der Waals surface area contributed by atoms with Crippen molar-refractivity contribution in [3.8, 4) is 6.07 Å². The number of aryl methyl sites for hydroxylation is 1. The van der Waals surface area contributed by atoms with Crippen LogP contribution in [0.15, 0.2) is 4.52 Å². The first kappa shape index (κ1) is 11.2. The molecule has 1 amide bonds. The van der Waals surface area contributed by atoms with Crippen LogP contribution < -0.4 is 5.32 Å². The Bertz CT molecular complexity index is 402. The monoisotopic (exact) mass is 208 g/mol. The maximum Gasteiger partial charge on any atom is 0.229 e. The van der Waals surface area contributed by atoms with E-state index in [0.717, 1.165) is 0 Å². The molecule has 1 N–H and O–H groups in total. The number of nitrogens with one attached hydrogen (secondary N) is 1. The summed E-state index contributed by atoms with van der Waals surface area (Å²) in [5, 5.41) is 14.8. The van der Waals surface area contributed by atoms with Gasteiger partial charge in [0.25, 0.3) is 0 Å². The van der Waals surface area contributed by atoms with E-state index in [9.17, 15) is 4.79 Å². The number of hydrogen-bond acceptors (Lipinski definition) is 5. The SMILES string of the molecule is Cc1nc(CC(=O)NC(C)(C)C#N)no1. The molecule has 0 unspecified atom stereocenters. The fourth-order valence-corrected chi connectivity index (χ4v) is 0.977. The van der Waals surface area contributed by atoms with Crippen molar-refractivity contribution < 1.29 is 9.32 Å². The van der Waals surface area contributed by atoms with Crippen molar-refractivity contribution in [2.45, 2.75) is 32.7 Å². The van der Waals surface area contributed by atoms with E-state index in [1.807, 2.05) is 6.07 Å². The first-order valence-electron chi connectivity index (χ1n) is 4.44. The molecule has 1 rings (SSSR count). The van der Waals surface area contributed by atoms with Gasteiger partial charge in [-0.3, -0.25) is 4.79 Å². The third-order valence-corrected chi connectivity index (χ3v) is 1.62. The van der Waals surface area contributed by atoms with Gasteiger partial charge in [-0.2, -0.15) is 10.2 Å². The molecule has 0 radical (unpaired) electrons. The van der Waals surface area contributed by atoms with Crippen LogP contribution in [0.3, 0.4) is 0 Å². The highest BCUT2D eigenvalue weighted by Gasteiger charge is 2.20. The van der Waals surface area contributed by atoms with Gasteiger partial charge < -0.3 is 9.84 Å². The van der Waals surface area contributed by atoms with Crippen LogP contribution in [0.25, 0.3) is 0 Å². The van der Waals surface area contributed by atoms with E-state index in [2.05, 4.69) is 15.5 Å². The minimum absolute atomic E-state index is 0.0163. The largest absolute Gasteiger partial charge is 0.340 e. The predicted molar refractivity (Wildman–Crippen MR) is 50.6 cm³/mol. The van der Waals surface area contributed by atoms with Crippen molar-refractivity contribution in [2.24, 2.45) is 0 Å². The Balaban J connectivity index is 2.55. The molecule has 1 aromatic rings. The molecule has 0 fully saturated rings. The van der Waals surface area contributed by atoms with Gasteiger partial charge in [0, 0.05) is 6.92 Å². The summed E-state index contributed by atoms with van der Waals surface area (Å²) in [4.78, 5) is 15.3. The highest BCUT2D eigenvalue weighted by Crippen LogP contribution is 2.01. The normalized spacial score (nSPS) is 10.8. The molecule has 6 heteroatoms. The van der Waals surface area contributed by atoms with Crippen molar-refractivity contribution in [1.82, 2.24) is 15.5 Å². The second kappa shape index (κ2) is 4.09. The van der Waals surface area contributed by atoms with Crippen molar-refractivity contribution in [3.05, 3.63) is 11.7 Å². The average molecular weight is 208 g/mol. The number of carbonyl (C=O) groups is 1. The molecule has 6 nitrogen and oxygen atoms in total. The van der Waals surface area contributed by atoms with Crippen LogP contribution in [0, 0.1) is 18.3 Å². The molecule has 0 aromatic carbocycles. The van der Waals surface area contributed by atoms with Gasteiger partial charge in [0.15, 0.2) is 5.82 Å². The summed E-state index contributed by atoms with van der Waals surface area (Å²) in [5.74, 6) is 0.429. The molecule has 0 bridgehead atoms. The zero-order chi connectivity index (χ0) is 11.5. The third-order valence-electron chi connectivity index (χ3n) is 1.62. The fraction of sp³-hybridized carbons (Fsp3) is 0.556. The second-order valence-electron chi connectivity index (χ2n) is 3.69. The number of nitrogens with zero attached hydrogens (tertiary/aromatic N) is 3. The van der Waals surface area contributed by atoms with Gasteiger partial charge in [0.1, 0.15) is 5.54 Å². The van der Waals surface area contributed by atoms with Crippen LogP contribution in [0.1, 0.15) is 25.6 Å². The van der Waals surface area contributed by atoms with Gasteiger partial charge in [-0.05, 0) is 13.8 Å². The number of amides is 1. The lowest BCUT2D eigenvalue weighted by Crippen LogP contribution is -2.42. The van der Waals surface area contributed by atoms with Crippen LogP contribution in [-0.4, -0.2) is 21.6 Å². The molecule has 0 atom stereocenters. The summed E-state index contributed by atoms with van der Waals surface area (Å²) in [6.07, 6.45) is 0.0163. The molecule has 0 aliphatic rings. The number of rotatable bonds is 3. The van der Waals surface area contributed by atoms with Gasteiger partial charge in [-0.25, -0.2) is 0 Å². The van der Waals surface area contributed by atoms with E-state index in [0.29, 0.717) is 11.7 Å². The minimum Gasteiger partial charge on any atom is -0.340 e. The van der Waals surface area contributed by atoms with Gasteiger partial charge in [-0.1, -0.05) is 5.16 Å². The summed E-state index contributed by atoms with van der Waals surface area (Å²) < 4.78 is 4.72. The van der Waals surface area contributed by atoms with Crippen LogP contribution >= 0.6 is 0 Å². The Kier molecular flexibility index (Phi) is 3.04. The number of carbonyl (C=O) groups excluding carboxylic acids is 1. The van der Waals surface area contributed by atoms with Gasteiger partial charge in [0.2, 0.25) is 11.8 Å². The van der Waals surface area contributed by atoms with Gasteiger partial charge in [0.05, 0.1) is 12.5 Å². The summed E-state index contributed by atoms with van der Waals surface area (Å²) in [6, 6.07) is 1.97. The lowest BCUT2D eigenvalue weighted by Gasteiger charge is -2.16. The molecule has 0 saturated heterocycles. The average Bonchev–Trinajstić information content (AvgIpc) is 2.50. The first-order valence-corrected chi connectivity index (χ1v) is 4.44. The number of hydrogen-bond donors (Lipinski definition) is 1. The molecule has 1 heterocycles. The van der Waals surface area contributed by atoms with E-state index < -0.39 is 5.54 Å². The predicted octanol–water partition coefficient (Wildman–Crippen LogP) is 0.339. The lowest BCUT2D eigenvalue weighted by atomic mass is 10.1. The van der Waals surface area contributed by atoms with E-state index in [-0.39, 0.29) is 12.3 Å². The second-order valence-corrected chi connectivity index (χ2v) is 3.69. The number of aromatic nitrogens is 2. The molecule has 0 aliphatic heterocycles. The summed E-state index contributed by atoms with van der Waals surface area (Å²) in [7, 11) is 0. The van der Waals surface area contributed by atoms with Crippen LogP contribution in [0.4, 0.5) is 0 Å². The lowest BCUT2D eigenvalue weighted by molar-refractivity contribution is -0.121. The number of nitriles is 1. The molecule has 80 valence electrons. The molecule has 15 heavy (non-hydrogen) atoms. The van der Waals surface area contributed by atoms with E-state index in [1.165, 1.54) is 0 Å². The summed E-state index contributed by atoms with van der Waals surface area (Å²) >= 11 is 0. The van der Waals surface area contributed by atoms with E-state index in [1.54, 1.807) is 20.8 Å². The Morgan fingerprint density at radius 2 is 2.33 bits per heavy atom. The van der Waals surface area contributed by atoms with Gasteiger partial charge in [-0.15, -0.1) is 0 Å². The fourth-order valence-electron chi connectivity index (χ4n) is 0.977. The molecular formula is C9H12N4O2. The Morgan fingerprint density at radius 1 is 1.67 bits per heavy atom. The highest BCUT2D eigenvalue weighted by atomic mass is 16.5. The summed E-state index contributed by atoms with van der Waals surface area (Å²) in [6.45, 7) is 4.88. The highest BCUT2D eigenvalue weighted by molar-refractivity contribution is 5.78. The van der Waals surface area contributed by atoms with Crippen molar-refractivity contribution >= 4 is 5.91 Å². The molecule has 0 spiro atoms. The Morgan fingerprint density at radius 3 is 2.80 bits per heavy atom. The van der Waals surface area contributed by atoms with Crippen molar-refractivity contribution in [3.63, 3.8) is 0 Å². The Hall–Kier alpha value is -1.90. The minimum atomic E-state index is -0.879.